The molecule has 0 amide bonds. The summed E-state index contributed by atoms with van der Waals surface area (Å²) in [5.41, 5.74) is 9.80. The Balaban J connectivity index is 2.74. The maximum atomic E-state index is 6.23. The highest BCUT2D eigenvalue weighted by Gasteiger charge is 2.38. The summed E-state index contributed by atoms with van der Waals surface area (Å²) in [6.45, 7) is 4.86. The van der Waals surface area contributed by atoms with Gasteiger partial charge in [-0.15, -0.1) is 0 Å². The quantitative estimate of drug-likeness (QED) is 0.878. The Labute approximate surface area is 136 Å². The largest absolute Gasteiger partial charge is 0.493 e. The maximum absolute atomic E-state index is 6.23. The molecular formula is C17H26BrNO2. The SMILES string of the molecule is COc1c(C)c(Br)c(C)c(C2(CN)CCCCC2)c1OC. The zero-order chi connectivity index (χ0) is 15.6. The fourth-order valence-electron chi connectivity index (χ4n) is 3.81. The summed E-state index contributed by atoms with van der Waals surface area (Å²) in [5.74, 6) is 1.69. The molecule has 1 aromatic carbocycles. The molecule has 2 N–H and O–H groups in total. The number of rotatable bonds is 4. The minimum atomic E-state index is 0.0111. The first kappa shape index (κ1) is 16.6. The van der Waals surface area contributed by atoms with Crippen molar-refractivity contribution in [3.63, 3.8) is 0 Å². The van der Waals surface area contributed by atoms with Crippen molar-refractivity contribution >= 4 is 15.9 Å². The van der Waals surface area contributed by atoms with Crippen molar-refractivity contribution in [2.45, 2.75) is 51.4 Å². The van der Waals surface area contributed by atoms with E-state index in [1.54, 1.807) is 14.2 Å². The predicted molar refractivity (Wildman–Crippen MR) is 90.5 cm³/mol. The van der Waals surface area contributed by atoms with Crippen LogP contribution in [0.3, 0.4) is 0 Å². The number of hydrogen-bond acceptors (Lipinski definition) is 3. The zero-order valence-corrected chi connectivity index (χ0v) is 15.1. The van der Waals surface area contributed by atoms with Crippen LogP contribution in [-0.2, 0) is 5.41 Å². The molecule has 118 valence electrons. The third-order valence-electron chi connectivity index (χ3n) is 4.95. The standard InChI is InChI=1S/C17H26BrNO2/c1-11-13(17(10-19)8-6-5-7-9-17)16(21-4)15(20-3)12(2)14(11)18/h5-10,19H2,1-4H3. The Morgan fingerprint density at radius 3 is 2.05 bits per heavy atom. The van der Waals surface area contributed by atoms with E-state index in [2.05, 4.69) is 29.8 Å². The lowest BCUT2D eigenvalue weighted by Crippen LogP contribution is -2.38. The molecule has 4 heteroatoms. The minimum absolute atomic E-state index is 0.0111. The molecule has 1 aromatic rings. The Hall–Kier alpha value is -0.740. The second-order valence-corrected chi connectivity index (χ2v) is 6.84. The number of nitrogens with two attached hydrogens (primary N) is 1. The minimum Gasteiger partial charge on any atom is -0.493 e. The Morgan fingerprint density at radius 2 is 1.57 bits per heavy atom. The normalized spacial score (nSPS) is 17.6. The third kappa shape index (κ3) is 2.68. The van der Waals surface area contributed by atoms with Gasteiger partial charge in [0.1, 0.15) is 0 Å². The van der Waals surface area contributed by atoms with Crippen LogP contribution in [-0.4, -0.2) is 20.8 Å². The van der Waals surface area contributed by atoms with Gasteiger partial charge in [0.15, 0.2) is 11.5 Å². The van der Waals surface area contributed by atoms with E-state index in [0.29, 0.717) is 6.54 Å². The number of methoxy groups -OCH3 is 2. The molecule has 1 fully saturated rings. The summed E-state index contributed by atoms with van der Waals surface area (Å²) >= 11 is 3.73. The molecule has 0 atom stereocenters. The van der Waals surface area contributed by atoms with Gasteiger partial charge in [-0.05, 0) is 32.3 Å². The summed E-state index contributed by atoms with van der Waals surface area (Å²) in [6, 6.07) is 0. The molecule has 0 aromatic heterocycles. The van der Waals surface area contributed by atoms with Gasteiger partial charge >= 0.3 is 0 Å². The molecule has 0 radical (unpaired) electrons. The van der Waals surface area contributed by atoms with E-state index in [1.165, 1.54) is 30.4 Å². The summed E-state index contributed by atoms with van der Waals surface area (Å²) < 4.78 is 12.5. The molecule has 0 bridgehead atoms. The van der Waals surface area contributed by atoms with E-state index in [0.717, 1.165) is 34.4 Å². The Morgan fingerprint density at radius 1 is 1.00 bits per heavy atom. The van der Waals surface area contributed by atoms with Gasteiger partial charge in [-0.1, -0.05) is 35.2 Å². The van der Waals surface area contributed by atoms with Gasteiger partial charge < -0.3 is 15.2 Å². The average molecular weight is 356 g/mol. The molecule has 0 heterocycles. The second kappa shape index (κ2) is 6.57. The van der Waals surface area contributed by atoms with Crippen LogP contribution in [0.25, 0.3) is 0 Å². The summed E-state index contributed by atoms with van der Waals surface area (Å²) in [7, 11) is 3.42. The van der Waals surface area contributed by atoms with E-state index in [1.807, 2.05) is 0 Å². The molecule has 0 unspecified atom stereocenters. The molecule has 1 aliphatic rings. The molecule has 2 rings (SSSR count). The second-order valence-electron chi connectivity index (χ2n) is 6.05. The van der Waals surface area contributed by atoms with Crippen LogP contribution in [0.5, 0.6) is 11.5 Å². The first-order chi connectivity index (χ1) is 10.0. The molecule has 3 nitrogen and oxygen atoms in total. The maximum Gasteiger partial charge on any atom is 0.165 e. The first-order valence-electron chi connectivity index (χ1n) is 7.63. The molecular weight excluding hydrogens is 330 g/mol. The van der Waals surface area contributed by atoms with Crippen molar-refractivity contribution in [2.24, 2.45) is 5.73 Å². The molecule has 1 saturated carbocycles. The smallest absolute Gasteiger partial charge is 0.165 e. The van der Waals surface area contributed by atoms with Crippen LogP contribution < -0.4 is 15.2 Å². The van der Waals surface area contributed by atoms with Crippen LogP contribution in [0.1, 0.15) is 48.8 Å². The average Bonchev–Trinajstić information content (AvgIpc) is 2.52. The number of halogens is 1. The first-order valence-corrected chi connectivity index (χ1v) is 8.43. The predicted octanol–water partition coefficient (Wildman–Crippen LogP) is 4.24. The van der Waals surface area contributed by atoms with Gasteiger partial charge in [0.05, 0.1) is 14.2 Å². The lowest BCUT2D eigenvalue weighted by molar-refractivity contribution is 0.279. The van der Waals surface area contributed by atoms with E-state index < -0.39 is 0 Å². The van der Waals surface area contributed by atoms with Crippen molar-refractivity contribution in [2.75, 3.05) is 20.8 Å². The van der Waals surface area contributed by atoms with Gasteiger partial charge in [0.2, 0.25) is 0 Å². The van der Waals surface area contributed by atoms with Gasteiger partial charge in [-0.25, -0.2) is 0 Å². The van der Waals surface area contributed by atoms with Crippen molar-refractivity contribution in [3.05, 3.63) is 21.2 Å². The van der Waals surface area contributed by atoms with E-state index >= 15 is 0 Å². The van der Waals surface area contributed by atoms with Crippen molar-refractivity contribution in [1.82, 2.24) is 0 Å². The van der Waals surface area contributed by atoms with Crippen LogP contribution in [0.2, 0.25) is 0 Å². The highest BCUT2D eigenvalue weighted by Crippen LogP contribution is 2.51. The highest BCUT2D eigenvalue weighted by molar-refractivity contribution is 9.10. The number of hydrogen-bond donors (Lipinski definition) is 1. The van der Waals surface area contributed by atoms with Crippen LogP contribution >= 0.6 is 15.9 Å². The molecule has 21 heavy (non-hydrogen) atoms. The molecule has 0 saturated heterocycles. The lowest BCUT2D eigenvalue weighted by Gasteiger charge is -2.39. The topological polar surface area (TPSA) is 44.5 Å². The van der Waals surface area contributed by atoms with Crippen molar-refractivity contribution in [1.29, 1.82) is 0 Å². The van der Waals surface area contributed by atoms with Gasteiger partial charge in [-0.2, -0.15) is 0 Å². The van der Waals surface area contributed by atoms with E-state index in [4.69, 9.17) is 15.2 Å². The van der Waals surface area contributed by atoms with Crippen LogP contribution in [0, 0.1) is 13.8 Å². The number of benzene rings is 1. The zero-order valence-electron chi connectivity index (χ0n) is 13.5. The van der Waals surface area contributed by atoms with Crippen LogP contribution in [0.15, 0.2) is 4.47 Å². The number of ether oxygens (including phenoxy) is 2. The summed E-state index contributed by atoms with van der Waals surface area (Å²) in [6.07, 6.45) is 6.01. The molecule has 0 spiro atoms. The van der Waals surface area contributed by atoms with Gasteiger partial charge in [0.25, 0.3) is 0 Å². The van der Waals surface area contributed by atoms with Crippen LogP contribution in [0.4, 0.5) is 0 Å². The van der Waals surface area contributed by atoms with E-state index in [-0.39, 0.29) is 5.41 Å². The highest BCUT2D eigenvalue weighted by atomic mass is 79.9. The summed E-state index contributed by atoms with van der Waals surface area (Å²) in [4.78, 5) is 0. The lowest BCUT2D eigenvalue weighted by atomic mass is 9.67. The Bertz CT molecular complexity index is 522. The van der Waals surface area contributed by atoms with Gasteiger partial charge in [-0.3, -0.25) is 0 Å². The van der Waals surface area contributed by atoms with Crippen molar-refractivity contribution < 1.29 is 9.47 Å². The fourth-order valence-corrected chi connectivity index (χ4v) is 4.19. The summed E-state index contributed by atoms with van der Waals surface area (Å²) in [5, 5.41) is 0. The van der Waals surface area contributed by atoms with Crippen molar-refractivity contribution in [3.8, 4) is 11.5 Å². The third-order valence-corrected chi connectivity index (χ3v) is 6.14. The molecule has 0 aliphatic heterocycles. The Kier molecular flexibility index (Phi) is 5.20. The monoisotopic (exact) mass is 355 g/mol. The molecule has 1 aliphatic carbocycles. The van der Waals surface area contributed by atoms with Gasteiger partial charge in [0, 0.05) is 27.6 Å². The fraction of sp³-hybridized carbons (Fsp3) is 0.647. The van der Waals surface area contributed by atoms with E-state index in [9.17, 15) is 0 Å².